The zero-order valence-corrected chi connectivity index (χ0v) is 12.0. The molecule has 2 rings (SSSR count). The Morgan fingerprint density at radius 3 is 2.58 bits per heavy atom. The van der Waals surface area contributed by atoms with Crippen LogP contribution in [0.25, 0.3) is 0 Å². The molecular weight excluding hydrogens is 308 g/mol. The van der Waals surface area contributed by atoms with Crippen LogP contribution in [0.15, 0.2) is 46.9 Å². The third-order valence-electron chi connectivity index (χ3n) is 2.64. The van der Waals surface area contributed by atoms with Crippen LogP contribution in [0.2, 0.25) is 0 Å². The average Bonchev–Trinajstić information content (AvgIpc) is 2.47. The lowest BCUT2D eigenvalue weighted by molar-refractivity contribution is 0.112. The van der Waals surface area contributed by atoms with E-state index >= 15 is 0 Å². The molecule has 19 heavy (non-hydrogen) atoms. The van der Waals surface area contributed by atoms with Gasteiger partial charge in [-0.25, -0.2) is 0 Å². The fraction of sp³-hybridized carbons (Fsp3) is 0.133. The number of halogens is 1. The van der Waals surface area contributed by atoms with Crippen molar-refractivity contribution >= 4 is 22.2 Å². The second-order valence-corrected chi connectivity index (χ2v) is 4.71. The quantitative estimate of drug-likeness (QED) is 0.785. The Morgan fingerprint density at radius 2 is 1.95 bits per heavy atom. The van der Waals surface area contributed by atoms with E-state index in [4.69, 9.17) is 9.47 Å². The fourth-order valence-electron chi connectivity index (χ4n) is 1.65. The first kappa shape index (κ1) is 13.6. The van der Waals surface area contributed by atoms with Gasteiger partial charge in [-0.1, -0.05) is 30.3 Å². The number of aldehydes is 1. The minimum absolute atomic E-state index is 0.448. The highest BCUT2D eigenvalue weighted by Crippen LogP contribution is 2.32. The van der Waals surface area contributed by atoms with Crippen LogP contribution in [0.5, 0.6) is 11.5 Å². The molecule has 0 unspecified atom stereocenters. The van der Waals surface area contributed by atoms with Crippen molar-refractivity contribution in [2.24, 2.45) is 0 Å². The molecule has 2 aromatic rings. The number of carbonyl (C=O) groups is 1. The zero-order chi connectivity index (χ0) is 13.7. The van der Waals surface area contributed by atoms with Crippen LogP contribution in [0, 0.1) is 0 Å². The van der Waals surface area contributed by atoms with E-state index < -0.39 is 0 Å². The van der Waals surface area contributed by atoms with Crippen molar-refractivity contribution in [3.63, 3.8) is 0 Å². The maximum absolute atomic E-state index is 11.0. The second kappa shape index (κ2) is 6.38. The molecule has 0 saturated heterocycles. The molecule has 0 spiro atoms. The topological polar surface area (TPSA) is 35.5 Å². The van der Waals surface area contributed by atoms with E-state index in [9.17, 15) is 4.79 Å². The Kier molecular flexibility index (Phi) is 4.58. The van der Waals surface area contributed by atoms with E-state index in [0.29, 0.717) is 28.1 Å². The van der Waals surface area contributed by atoms with Gasteiger partial charge >= 0.3 is 0 Å². The molecule has 0 aliphatic rings. The Morgan fingerprint density at radius 1 is 1.21 bits per heavy atom. The first-order valence-electron chi connectivity index (χ1n) is 5.74. The van der Waals surface area contributed by atoms with Gasteiger partial charge in [-0.15, -0.1) is 0 Å². The van der Waals surface area contributed by atoms with E-state index in [2.05, 4.69) is 15.9 Å². The lowest BCUT2D eigenvalue weighted by Crippen LogP contribution is -1.97. The molecule has 0 radical (unpaired) electrons. The second-order valence-electron chi connectivity index (χ2n) is 3.92. The monoisotopic (exact) mass is 320 g/mol. The van der Waals surface area contributed by atoms with Crippen LogP contribution in [0.4, 0.5) is 0 Å². The van der Waals surface area contributed by atoms with Crippen molar-refractivity contribution in [1.82, 2.24) is 0 Å². The Hall–Kier alpha value is -1.81. The van der Waals surface area contributed by atoms with Gasteiger partial charge in [0, 0.05) is 11.6 Å². The molecule has 0 aliphatic carbocycles. The highest BCUT2D eigenvalue weighted by Gasteiger charge is 2.09. The van der Waals surface area contributed by atoms with Gasteiger partial charge in [0.2, 0.25) is 0 Å². The molecule has 0 aromatic heterocycles. The van der Waals surface area contributed by atoms with Gasteiger partial charge in [-0.3, -0.25) is 4.79 Å². The van der Waals surface area contributed by atoms with Gasteiger partial charge in [0.1, 0.15) is 18.1 Å². The Labute approximate surface area is 120 Å². The molecule has 0 bridgehead atoms. The normalized spacial score (nSPS) is 10.0. The molecule has 0 aliphatic heterocycles. The third-order valence-corrected chi connectivity index (χ3v) is 3.48. The van der Waals surface area contributed by atoms with Gasteiger partial charge in [-0.2, -0.15) is 0 Å². The predicted octanol–water partition coefficient (Wildman–Crippen LogP) is 3.85. The molecule has 0 atom stereocenters. The number of carbonyl (C=O) groups excluding carboxylic acids is 1. The Balaban J connectivity index is 2.18. The molecule has 0 heterocycles. The van der Waals surface area contributed by atoms with E-state index in [-0.39, 0.29) is 0 Å². The lowest BCUT2D eigenvalue weighted by atomic mass is 10.2. The summed E-state index contributed by atoms with van der Waals surface area (Å²) in [6, 6.07) is 13.3. The van der Waals surface area contributed by atoms with Crippen molar-refractivity contribution in [3.8, 4) is 11.5 Å². The van der Waals surface area contributed by atoms with Crippen molar-refractivity contribution in [3.05, 3.63) is 58.1 Å². The summed E-state index contributed by atoms with van der Waals surface area (Å²) in [6.07, 6.45) is 0.766. The standard InChI is InChI=1S/C15H13BrO3/c1-18-14-8-13(7-12(9-17)15(14)16)19-10-11-5-3-2-4-6-11/h2-9H,10H2,1H3. The molecule has 3 nitrogen and oxygen atoms in total. The van der Waals surface area contributed by atoms with Crippen molar-refractivity contribution in [2.75, 3.05) is 7.11 Å². The summed E-state index contributed by atoms with van der Waals surface area (Å²) in [6.45, 7) is 0.448. The molecule has 4 heteroatoms. The van der Waals surface area contributed by atoms with Crippen molar-refractivity contribution < 1.29 is 14.3 Å². The predicted molar refractivity (Wildman–Crippen MR) is 76.9 cm³/mol. The molecule has 98 valence electrons. The highest BCUT2D eigenvalue weighted by molar-refractivity contribution is 9.10. The smallest absolute Gasteiger partial charge is 0.151 e. The average molecular weight is 321 g/mol. The van der Waals surface area contributed by atoms with Crippen LogP contribution in [-0.2, 0) is 6.61 Å². The van der Waals surface area contributed by atoms with Crippen LogP contribution < -0.4 is 9.47 Å². The summed E-state index contributed by atoms with van der Waals surface area (Å²) in [7, 11) is 1.55. The maximum Gasteiger partial charge on any atom is 0.151 e. The summed E-state index contributed by atoms with van der Waals surface area (Å²) in [5, 5.41) is 0. The fourth-order valence-corrected chi connectivity index (χ4v) is 2.14. The third kappa shape index (κ3) is 3.35. The minimum atomic E-state index is 0.448. The summed E-state index contributed by atoms with van der Waals surface area (Å²) < 4.78 is 11.5. The zero-order valence-electron chi connectivity index (χ0n) is 10.4. The number of methoxy groups -OCH3 is 1. The summed E-state index contributed by atoms with van der Waals surface area (Å²) in [5.41, 5.74) is 1.57. The Bertz CT molecular complexity index is 567. The van der Waals surface area contributed by atoms with Crippen LogP contribution in [0.3, 0.4) is 0 Å². The highest BCUT2D eigenvalue weighted by atomic mass is 79.9. The van der Waals surface area contributed by atoms with Crippen molar-refractivity contribution in [1.29, 1.82) is 0 Å². The number of rotatable bonds is 5. The first-order valence-corrected chi connectivity index (χ1v) is 6.53. The molecule has 0 N–H and O–H groups in total. The van der Waals surface area contributed by atoms with E-state index in [1.807, 2.05) is 30.3 Å². The molecule has 0 amide bonds. The number of benzene rings is 2. The molecule has 0 fully saturated rings. The van der Waals surface area contributed by atoms with Gasteiger partial charge in [-0.05, 0) is 27.6 Å². The van der Waals surface area contributed by atoms with Crippen LogP contribution in [0.1, 0.15) is 15.9 Å². The van der Waals surface area contributed by atoms with E-state index in [1.165, 1.54) is 0 Å². The van der Waals surface area contributed by atoms with Crippen molar-refractivity contribution in [2.45, 2.75) is 6.61 Å². The lowest BCUT2D eigenvalue weighted by Gasteiger charge is -2.11. The van der Waals surface area contributed by atoms with Crippen LogP contribution in [-0.4, -0.2) is 13.4 Å². The molecular formula is C15H13BrO3. The van der Waals surface area contributed by atoms with Gasteiger partial charge < -0.3 is 9.47 Å². The SMILES string of the molecule is COc1cc(OCc2ccccc2)cc(C=O)c1Br. The van der Waals surface area contributed by atoms with Gasteiger partial charge in [0.15, 0.2) is 6.29 Å². The number of hydrogen-bond acceptors (Lipinski definition) is 3. The molecule has 2 aromatic carbocycles. The van der Waals surface area contributed by atoms with E-state index in [0.717, 1.165) is 11.8 Å². The largest absolute Gasteiger partial charge is 0.495 e. The summed E-state index contributed by atoms with van der Waals surface area (Å²) in [5.74, 6) is 1.18. The summed E-state index contributed by atoms with van der Waals surface area (Å²) in [4.78, 5) is 11.0. The van der Waals surface area contributed by atoms with Gasteiger partial charge in [0.05, 0.1) is 11.6 Å². The minimum Gasteiger partial charge on any atom is -0.495 e. The van der Waals surface area contributed by atoms with Gasteiger partial charge in [0.25, 0.3) is 0 Å². The first-order chi connectivity index (χ1) is 9.24. The number of ether oxygens (including phenoxy) is 2. The number of hydrogen-bond donors (Lipinski definition) is 0. The van der Waals surface area contributed by atoms with Crippen LogP contribution >= 0.6 is 15.9 Å². The summed E-state index contributed by atoms with van der Waals surface area (Å²) >= 11 is 3.32. The van der Waals surface area contributed by atoms with E-state index in [1.54, 1.807) is 19.2 Å². The maximum atomic E-state index is 11.0. The molecule has 0 saturated carbocycles.